The van der Waals surface area contributed by atoms with E-state index in [0.717, 1.165) is 37.4 Å². The molecule has 0 saturated carbocycles. The van der Waals surface area contributed by atoms with E-state index < -0.39 is 0 Å². The van der Waals surface area contributed by atoms with Crippen LogP contribution in [0.15, 0.2) is 0 Å². The third kappa shape index (κ3) is 2.64. The molecule has 0 N–H and O–H groups in total. The molecule has 0 spiro atoms. The zero-order chi connectivity index (χ0) is 12.3. The normalized spacial score (nSPS) is 19.8. The van der Waals surface area contributed by atoms with E-state index in [1.807, 2.05) is 4.68 Å². The topological polar surface area (TPSA) is 63.7 Å². The van der Waals surface area contributed by atoms with Crippen LogP contribution in [0.2, 0.25) is 0 Å². The second-order valence-electron chi connectivity index (χ2n) is 4.73. The molecule has 1 atom stereocenters. The van der Waals surface area contributed by atoms with E-state index in [2.05, 4.69) is 30.2 Å². The van der Waals surface area contributed by atoms with Crippen molar-refractivity contribution in [2.75, 3.05) is 6.61 Å². The van der Waals surface area contributed by atoms with Crippen molar-refractivity contribution in [2.45, 2.75) is 51.7 Å². The highest BCUT2D eigenvalue weighted by molar-refractivity contribution is 5.17. The first-order valence-corrected chi connectivity index (χ1v) is 6.13. The predicted octanol–water partition coefficient (Wildman–Crippen LogP) is 1.65. The Morgan fingerprint density at radius 1 is 1.59 bits per heavy atom. The zero-order valence-electron chi connectivity index (χ0n) is 10.4. The van der Waals surface area contributed by atoms with Gasteiger partial charge in [-0.1, -0.05) is 19.1 Å². The molecule has 1 unspecified atom stereocenters. The molecule has 1 aliphatic rings. The van der Waals surface area contributed by atoms with Crippen LogP contribution in [0.3, 0.4) is 0 Å². The molecular weight excluding hydrogens is 216 g/mol. The molecule has 2 rings (SSSR count). The molecule has 1 saturated heterocycles. The van der Waals surface area contributed by atoms with Crippen LogP contribution in [0.1, 0.15) is 44.0 Å². The first-order chi connectivity index (χ1) is 8.22. The van der Waals surface area contributed by atoms with Crippen LogP contribution in [-0.2, 0) is 17.7 Å². The van der Waals surface area contributed by atoms with Crippen molar-refractivity contribution in [3.63, 3.8) is 0 Å². The molecular formula is C12H18N4O. The summed E-state index contributed by atoms with van der Waals surface area (Å²) in [4.78, 5) is 0. The van der Waals surface area contributed by atoms with Gasteiger partial charge in [0.05, 0.1) is 30.8 Å². The number of aromatic nitrogens is 3. The van der Waals surface area contributed by atoms with Gasteiger partial charge in [-0.15, -0.1) is 5.10 Å². The van der Waals surface area contributed by atoms with Crippen molar-refractivity contribution in [2.24, 2.45) is 0 Å². The zero-order valence-corrected chi connectivity index (χ0v) is 10.4. The summed E-state index contributed by atoms with van der Waals surface area (Å²) < 4.78 is 7.52. The van der Waals surface area contributed by atoms with Crippen LogP contribution in [0.25, 0.3) is 0 Å². The molecule has 2 heterocycles. The first kappa shape index (κ1) is 12.1. The lowest BCUT2D eigenvalue weighted by atomic mass is 10.1. The van der Waals surface area contributed by atoms with Gasteiger partial charge in [0.25, 0.3) is 0 Å². The van der Waals surface area contributed by atoms with Gasteiger partial charge in [0.15, 0.2) is 0 Å². The summed E-state index contributed by atoms with van der Waals surface area (Å²) in [6, 6.07) is 2.14. The minimum Gasteiger partial charge on any atom is -0.376 e. The maximum absolute atomic E-state index is 8.77. The minimum absolute atomic E-state index is 0.254. The van der Waals surface area contributed by atoms with Crippen LogP contribution in [0.5, 0.6) is 0 Å². The Morgan fingerprint density at radius 3 is 3.00 bits per heavy atom. The highest BCUT2D eigenvalue weighted by Gasteiger charge is 2.21. The fourth-order valence-electron chi connectivity index (χ4n) is 2.30. The fraction of sp³-hybridized carbons (Fsp3) is 0.750. The van der Waals surface area contributed by atoms with Crippen molar-refractivity contribution >= 4 is 0 Å². The monoisotopic (exact) mass is 234 g/mol. The van der Waals surface area contributed by atoms with Crippen molar-refractivity contribution in [1.82, 2.24) is 15.0 Å². The minimum atomic E-state index is 0.254. The highest BCUT2D eigenvalue weighted by atomic mass is 16.5. The van der Waals surface area contributed by atoms with Gasteiger partial charge < -0.3 is 4.74 Å². The highest BCUT2D eigenvalue weighted by Crippen LogP contribution is 2.21. The van der Waals surface area contributed by atoms with Crippen LogP contribution in [-0.4, -0.2) is 27.7 Å². The lowest BCUT2D eigenvalue weighted by Crippen LogP contribution is -2.18. The van der Waals surface area contributed by atoms with Gasteiger partial charge in [-0.2, -0.15) is 5.26 Å². The maximum Gasteiger partial charge on any atom is 0.100 e. The second-order valence-corrected chi connectivity index (χ2v) is 4.73. The predicted molar refractivity (Wildman–Crippen MR) is 62.4 cm³/mol. The third-order valence-electron chi connectivity index (χ3n) is 3.04. The Balaban J connectivity index is 2.18. The average Bonchev–Trinajstić information content (AvgIpc) is 2.89. The van der Waals surface area contributed by atoms with Gasteiger partial charge in [0.2, 0.25) is 0 Å². The number of hydrogen-bond acceptors (Lipinski definition) is 4. The van der Waals surface area contributed by atoms with Gasteiger partial charge in [-0.25, -0.2) is 4.68 Å². The van der Waals surface area contributed by atoms with E-state index in [-0.39, 0.29) is 6.10 Å². The Bertz CT molecular complexity index is 413. The van der Waals surface area contributed by atoms with Crippen molar-refractivity contribution in [1.29, 1.82) is 5.26 Å². The lowest BCUT2D eigenvalue weighted by Gasteiger charge is -2.13. The van der Waals surface area contributed by atoms with Gasteiger partial charge in [0.1, 0.15) is 5.69 Å². The SMILES string of the molecule is CC(C)c1c(CC#N)nnn1CC1CCCO1. The van der Waals surface area contributed by atoms with E-state index in [9.17, 15) is 0 Å². The largest absolute Gasteiger partial charge is 0.376 e. The maximum atomic E-state index is 8.77. The molecule has 0 amide bonds. The number of rotatable bonds is 4. The molecule has 0 aliphatic carbocycles. The Labute approximate surface area is 101 Å². The smallest absolute Gasteiger partial charge is 0.100 e. The summed E-state index contributed by atoms with van der Waals surface area (Å²) in [5, 5.41) is 17.0. The van der Waals surface area contributed by atoms with E-state index >= 15 is 0 Å². The van der Waals surface area contributed by atoms with Gasteiger partial charge >= 0.3 is 0 Å². The molecule has 92 valence electrons. The Kier molecular flexibility index (Phi) is 3.75. The average molecular weight is 234 g/mol. The number of ether oxygens (including phenoxy) is 1. The van der Waals surface area contributed by atoms with Crippen molar-refractivity contribution in [3.05, 3.63) is 11.4 Å². The Morgan fingerprint density at radius 2 is 2.41 bits per heavy atom. The van der Waals surface area contributed by atoms with E-state index in [4.69, 9.17) is 10.00 Å². The Hall–Kier alpha value is -1.41. The number of nitrogens with zero attached hydrogens (tertiary/aromatic N) is 4. The third-order valence-corrected chi connectivity index (χ3v) is 3.04. The second kappa shape index (κ2) is 5.28. The van der Waals surface area contributed by atoms with Gasteiger partial charge in [-0.05, 0) is 18.8 Å². The molecule has 1 aromatic heterocycles. The summed E-state index contributed by atoms with van der Waals surface area (Å²) in [6.07, 6.45) is 2.80. The molecule has 0 aromatic carbocycles. The summed E-state index contributed by atoms with van der Waals surface area (Å²) in [5.74, 6) is 0.328. The van der Waals surface area contributed by atoms with Crippen LogP contribution >= 0.6 is 0 Å². The summed E-state index contributed by atoms with van der Waals surface area (Å²) in [7, 11) is 0. The molecule has 5 nitrogen and oxygen atoms in total. The summed E-state index contributed by atoms with van der Waals surface area (Å²) in [5.41, 5.74) is 1.88. The fourth-order valence-corrected chi connectivity index (χ4v) is 2.30. The quantitative estimate of drug-likeness (QED) is 0.794. The van der Waals surface area contributed by atoms with Crippen LogP contribution in [0.4, 0.5) is 0 Å². The van der Waals surface area contributed by atoms with Crippen molar-refractivity contribution in [3.8, 4) is 6.07 Å². The summed E-state index contributed by atoms with van der Waals surface area (Å²) in [6.45, 7) is 5.81. The molecule has 0 bridgehead atoms. The number of nitriles is 1. The van der Waals surface area contributed by atoms with Crippen LogP contribution < -0.4 is 0 Å². The molecule has 1 fully saturated rings. The molecule has 1 aliphatic heterocycles. The molecule has 0 radical (unpaired) electrons. The molecule has 5 heteroatoms. The standard InChI is InChI=1S/C12H18N4O/c1-9(2)12-11(5-6-13)14-15-16(12)8-10-4-3-7-17-10/h9-10H,3-5,7-8H2,1-2H3. The van der Waals surface area contributed by atoms with Gasteiger partial charge in [0, 0.05) is 6.61 Å². The first-order valence-electron chi connectivity index (χ1n) is 6.13. The van der Waals surface area contributed by atoms with E-state index in [1.165, 1.54) is 0 Å². The molecule has 1 aromatic rings. The summed E-state index contributed by atoms with van der Waals surface area (Å²) >= 11 is 0. The molecule has 17 heavy (non-hydrogen) atoms. The van der Waals surface area contributed by atoms with E-state index in [0.29, 0.717) is 12.3 Å². The van der Waals surface area contributed by atoms with Gasteiger partial charge in [-0.3, -0.25) is 0 Å². The number of hydrogen-bond donors (Lipinski definition) is 0. The van der Waals surface area contributed by atoms with Crippen molar-refractivity contribution < 1.29 is 4.74 Å². The van der Waals surface area contributed by atoms with Crippen LogP contribution in [0, 0.1) is 11.3 Å². The lowest BCUT2D eigenvalue weighted by molar-refractivity contribution is 0.0925. The van der Waals surface area contributed by atoms with E-state index in [1.54, 1.807) is 0 Å².